The number of hydrogen-bond donors (Lipinski definition) is 0. The fraction of sp³-hybridized carbons (Fsp3) is 0.913. The minimum atomic E-state index is -1.28. The molecule has 2 heterocycles. The summed E-state index contributed by atoms with van der Waals surface area (Å²) >= 11 is 0. The highest BCUT2D eigenvalue weighted by atomic mass is 31.2. The van der Waals surface area contributed by atoms with Crippen LogP contribution in [0.1, 0.15) is 186 Å². The van der Waals surface area contributed by atoms with Gasteiger partial charge in [-0.25, -0.2) is 9.34 Å². The molecule has 0 N–H and O–H groups in total. The van der Waals surface area contributed by atoms with E-state index in [1.54, 1.807) is 0 Å². The van der Waals surface area contributed by atoms with Gasteiger partial charge < -0.3 is 27.9 Å². The van der Waals surface area contributed by atoms with Crippen molar-refractivity contribution in [3.05, 3.63) is 0 Å². The van der Waals surface area contributed by atoms with Crippen LogP contribution >= 0.6 is 17.1 Å². The van der Waals surface area contributed by atoms with Gasteiger partial charge in [-0.2, -0.15) is 10.5 Å². The van der Waals surface area contributed by atoms with Crippen LogP contribution in [0, 0.1) is 34.5 Å². The van der Waals surface area contributed by atoms with E-state index in [9.17, 15) is 9.59 Å². The topological polar surface area (TPSA) is 132 Å². The molecule has 2 rings (SSSR count). The van der Waals surface area contributed by atoms with E-state index in [0.29, 0.717) is 63.8 Å². The second-order valence-electron chi connectivity index (χ2n) is 17.6. The number of nitrogens with zero attached hydrogens (tertiary/aromatic N) is 6. The van der Waals surface area contributed by atoms with Crippen molar-refractivity contribution in [1.29, 1.82) is 10.5 Å². The van der Waals surface area contributed by atoms with Gasteiger partial charge in [0.25, 0.3) is 17.1 Å². The van der Waals surface area contributed by atoms with Crippen LogP contribution < -0.4 is 0 Å². The van der Waals surface area contributed by atoms with E-state index >= 15 is 0 Å². The first-order chi connectivity index (χ1) is 28.7. The van der Waals surface area contributed by atoms with Crippen molar-refractivity contribution in [2.45, 2.75) is 222 Å². The van der Waals surface area contributed by atoms with E-state index in [0.717, 1.165) is 64.5 Å². The molecule has 0 aromatic heterocycles. The second kappa shape index (κ2) is 33.1. The Morgan fingerprint density at radius 3 is 1.23 bits per heavy atom. The monoisotopic (exact) mass is 883 g/mol. The first-order valence-corrected chi connectivity index (χ1v) is 26.0. The molecule has 0 bridgehead atoms. The summed E-state index contributed by atoms with van der Waals surface area (Å²) in [5.41, 5.74) is 0. The molecular weight excluding hydrogens is 794 g/mol. The highest BCUT2D eigenvalue weighted by Crippen LogP contribution is 2.50. The highest BCUT2D eigenvalue weighted by molar-refractivity contribution is 7.44. The third-order valence-electron chi connectivity index (χ3n) is 11.4. The quantitative estimate of drug-likeness (QED) is 0.0552. The molecular formula is C46H88N6O6P2. The van der Waals surface area contributed by atoms with E-state index in [1.807, 2.05) is 9.80 Å². The van der Waals surface area contributed by atoms with Gasteiger partial charge in [-0.1, -0.05) is 79.1 Å². The van der Waals surface area contributed by atoms with Crippen molar-refractivity contribution in [3.63, 3.8) is 0 Å². The van der Waals surface area contributed by atoms with Crippen molar-refractivity contribution in [2.75, 3.05) is 39.4 Å². The van der Waals surface area contributed by atoms with Crippen LogP contribution in [0.3, 0.4) is 0 Å². The molecule has 0 aliphatic carbocycles. The SMILES string of the molecule is CCCCCCC(=O)N1CC[C@@H](CC)[C@H](OP(OCCC#N)N(C(C)C)C(C)C)C1.CCCCCCC(=O)N1CC[C@H](CC)[C@H](OP(OCCC#N)N(C(C)C)C(C)C)C1. The third kappa shape index (κ3) is 21.3. The fourth-order valence-electron chi connectivity index (χ4n) is 8.10. The van der Waals surface area contributed by atoms with Gasteiger partial charge in [-0.05, 0) is 92.9 Å². The molecule has 348 valence electrons. The van der Waals surface area contributed by atoms with Gasteiger partial charge in [-0.15, -0.1) is 0 Å². The molecule has 2 unspecified atom stereocenters. The maximum absolute atomic E-state index is 12.7. The first kappa shape index (κ1) is 56.6. The van der Waals surface area contributed by atoms with Crippen molar-refractivity contribution in [3.8, 4) is 12.1 Å². The minimum Gasteiger partial charge on any atom is -0.340 e. The van der Waals surface area contributed by atoms with E-state index in [1.165, 1.54) is 25.7 Å². The van der Waals surface area contributed by atoms with Crippen molar-refractivity contribution >= 4 is 28.9 Å². The van der Waals surface area contributed by atoms with E-state index in [-0.39, 0.29) is 48.2 Å². The van der Waals surface area contributed by atoms with Crippen LogP contribution in [-0.2, 0) is 27.7 Å². The van der Waals surface area contributed by atoms with Crippen molar-refractivity contribution in [1.82, 2.24) is 19.1 Å². The van der Waals surface area contributed by atoms with Crippen LogP contribution in [0.5, 0.6) is 0 Å². The third-order valence-corrected chi connectivity index (χ3v) is 15.7. The average molecular weight is 883 g/mol. The number of piperidine rings is 2. The summed E-state index contributed by atoms with van der Waals surface area (Å²) in [6.07, 6.45) is 15.0. The standard InChI is InChI=1S/2C23H44N3O3P/c2*1-7-9-10-11-13-23(27)25-16-14-21(8-2)22(18-25)29-30(28-17-12-15-24)26(19(3)4)20(5)6/h2*19-22H,7-14,16-18H2,1-6H3/t21-,22+,30?;21-,22-,30?/m01/s1. The van der Waals surface area contributed by atoms with Gasteiger partial charge in [0.1, 0.15) is 0 Å². The molecule has 2 aliphatic rings. The lowest BCUT2D eigenvalue weighted by molar-refractivity contribution is -0.136. The summed E-state index contributed by atoms with van der Waals surface area (Å²) < 4.78 is 30.0. The maximum Gasteiger partial charge on any atom is 0.259 e. The minimum absolute atomic E-state index is 0.0171. The van der Waals surface area contributed by atoms with Crippen LogP contribution in [0.15, 0.2) is 0 Å². The van der Waals surface area contributed by atoms with Gasteiger partial charge in [0.15, 0.2) is 0 Å². The van der Waals surface area contributed by atoms with Crippen LogP contribution in [0.25, 0.3) is 0 Å². The van der Waals surface area contributed by atoms with Gasteiger partial charge in [0.05, 0.1) is 50.4 Å². The number of amides is 2. The Kier molecular flexibility index (Phi) is 31.2. The summed E-state index contributed by atoms with van der Waals surface area (Å²) in [4.78, 5) is 29.5. The van der Waals surface area contributed by atoms with Gasteiger partial charge in [0, 0.05) is 63.2 Å². The van der Waals surface area contributed by atoms with E-state index < -0.39 is 17.1 Å². The molecule has 2 aliphatic heterocycles. The van der Waals surface area contributed by atoms with Crippen LogP contribution in [-0.4, -0.2) is 107 Å². The molecule has 0 radical (unpaired) electrons. The van der Waals surface area contributed by atoms with E-state index in [2.05, 4.69) is 105 Å². The summed E-state index contributed by atoms with van der Waals surface area (Å²) in [7, 11) is -2.56. The zero-order valence-corrected chi connectivity index (χ0v) is 42.0. The normalized spacial score (nSPS) is 20.7. The zero-order valence-electron chi connectivity index (χ0n) is 40.2. The largest absolute Gasteiger partial charge is 0.340 e. The summed E-state index contributed by atoms with van der Waals surface area (Å²) in [6, 6.07) is 5.41. The van der Waals surface area contributed by atoms with Gasteiger partial charge in [-0.3, -0.25) is 9.59 Å². The number of hydrogen-bond acceptors (Lipinski definition) is 10. The Labute approximate surface area is 370 Å². The number of rotatable bonds is 28. The molecule has 0 aromatic rings. The number of carbonyl (C=O) groups is 2. The smallest absolute Gasteiger partial charge is 0.259 e. The van der Waals surface area contributed by atoms with Gasteiger partial charge in [0.2, 0.25) is 11.8 Å². The lowest BCUT2D eigenvalue weighted by Crippen LogP contribution is -2.48. The maximum atomic E-state index is 12.7. The lowest BCUT2D eigenvalue weighted by atomic mass is 9.91. The zero-order chi connectivity index (χ0) is 45.0. The summed E-state index contributed by atoms with van der Waals surface area (Å²) in [5.74, 6) is 1.38. The van der Waals surface area contributed by atoms with Crippen molar-refractivity contribution in [2.24, 2.45) is 11.8 Å². The number of carbonyl (C=O) groups excluding carboxylic acids is 2. The number of likely N-dealkylation sites (tertiary alicyclic amines) is 2. The van der Waals surface area contributed by atoms with E-state index in [4.69, 9.17) is 28.6 Å². The van der Waals surface area contributed by atoms with Gasteiger partial charge >= 0.3 is 0 Å². The molecule has 14 heteroatoms. The Hall–Kier alpha value is -1.46. The Morgan fingerprint density at radius 2 is 0.950 bits per heavy atom. The van der Waals surface area contributed by atoms with Crippen LogP contribution in [0.4, 0.5) is 0 Å². The molecule has 2 amide bonds. The highest BCUT2D eigenvalue weighted by Gasteiger charge is 2.38. The Morgan fingerprint density at radius 1 is 0.600 bits per heavy atom. The molecule has 2 fully saturated rings. The number of nitriles is 2. The fourth-order valence-corrected chi connectivity index (χ4v) is 11.6. The number of unbranched alkanes of at least 4 members (excludes halogenated alkanes) is 6. The molecule has 0 saturated carbocycles. The molecule has 6 atom stereocenters. The predicted octanol–water partition coefficient (Wildman–Crippen LogP) is 11.8. The Bertz CT molecular complexity index is 1120. The summed E-state index contributed by atoms with van der Waals surface area (Å²) in [5, 5.41) is 17.8. The Balaban J connectivity index is 0.000000600. The summed E-state index contributed by atoms with van der Waals surface area (Å²) in [6.45, 7) is 29.7. The van der Waals surface area contributed by atoms with Crippen LogP contribution in [0.2, 0.25) is 0 Å². The second-order valence-corrected chi connectivity index (χ2v) is 20.4. The first-order valence-electron chi connectivity index (χ1n) is 23.8. The van der Waals surface area contributed by atoms with Crippen molar-refractivity contribution < 1.29 is 27.7 Å². The molecule has 0 spiro atoms. The molecule has 2 saturated heterocycles. The molecule has 12 nitrogen and oxygen atoms in total. The average Bonchev–Trinajstić information content (AvgIpc) is 3.20. The molecule has 60 heavy (non-hydrogen) atoms. The molecule has 0 aromatic carbocycles. The lowest BCUT2D eigenvalue weighted by Gasteiger charge is -2.42. The predicted molar refractivity (Wildman–Crippen MR) is 248 cm³/mol.